The highest BCUT2D eigenvalue weighted by Crippen LogP contribution is 2.69. The highest BCUT2D eigenvalue weighted by molar-refractivity contribution is 7.91. The van der Waals surface area contributed by atoms with Crippen LogP contribution >= 0.6 is 14.3 Å². The Morgan fingerprint density at radius 3 is 0.835 bits per heavy atom. The highest BCUT2D eigenvalue weighted by atomic mass is 32.2. The van der Waals surface area contributed by atoms with Gasteiger partial charge in [-0.3, -0.25) is 0 Å². The number of benzene rings is 20. The van der Waals surface area contributed by atoms with E-state index in [0.29, 0.717) is 5.58 Å². The third-order valence-corrected chi connectivity index (χ3v) is 37.2. The lowest BCUT2D eigenvalue weighted by atomic mass is 9.70. The van der Waals surface area contributed by atoms with E-state index < -0.39 is 40.4 Å². The van der Waals surface area contributed by atoms with E-state index in [1.807, 2.05) is 146 Å². The first-order valence-corrected chi connectivity index (χ1v) is 50.0. The third-order valence-electron chi connectivity index (χ3n) is 29.3. The minimum absolute atomic E-state index is 0.259. The molecule has 29 rings (SSSR count). The number of fused-ring (bicyclic) bond motifs is 42. The number of para-hydroxylation sites is 1. The van der Waals surface area contributed by atoms with E-state index in [1.165, 1.54) is 111 Å². The highest BCUT2D eigenvalue weighted by Gasteiger charge is 2.57. The van der Waals surface area contributed by atoms with Crippen molar-refractivity contribution in [2.24, 2.45) is 0 Å². The molecule has 0 radical (unpaired) electrons. The fourth-order valence-corrected chi connectivity index (χ4v) is 30.6. The first kappa shape index (κ1) is 77.2. The zero-order chi connectivity index (χ0) is 88.3. The molecule has 0 saturated heterocycles. The van der Waals surface area contributed by atoms with Crippen LogP contribution in [0.4, 0.5) is 0 Å². The van der Waals surface area contributed by atoms with Crippen molar-refractivity contribution < 1.29 is 30.8 Å². The number of hydrogen-bond donors (Lipinski definition) is 0. The Morgan fingerprint density at radius 1 is 0.180 bits per heavy atom. The topological polar surface area (TPSA) is 108 Å². The fraction of sp³-hybridized carbons (Fsp3) is 0.0244. The van der Waals surface area contributed by atoms with Gasteiger partial charge < -0.3 is 22.4 Å². The molecule has 1 atom stereocenters. The van der Waals surface area contributed by atoms with Gasteiger partial charge in [0.25, 0.3) is 0 Å². The number of sulfone groups is 1. The van der Waals surface area contributed by atoms with Gasteiger partial charge in [0.1, 0.15) is 33.5 Å². The molecule has 0 saturated carbocycles. The summed E-state index contributed by atoms with van der Waals surface area (Å²) in [4.78, 5) is 0.539. The van der Waals surface area contributed by atoms with Gasteiger partial charge in [0.2, 0.25) is 9.84 Å². The lowest BCUT2D eigenvalue weighted by molar-refractivity contribution is 0.591. The summed E-state index contributed by atoms with van der Waals surface area (Å²) >= 11 is 0. The molecule has 3 aromatic heterocycles. The third kappa shape index (κ3) is 10.4. The monoisotopic (exact) mass is 1760 g/mol. The van der Waals surface area contributed by atoms with Crippen LogP contribution in [0.1, 0.15) is 66.8 Å². The zero-order valence-electron chi connectivity index (χ0n) is 71.5. The number of furan rings is 3. The summed E-state index contributed by atoms with van der Waals surface area (Å²) in [6, 6.07) is 158. The second kappa shape index (κ2) is 28.9. The van der Waals surface area contributed by atoms with E-state index in [0.717, 1.165) is 114 Å². The van der Waals surface area contributed by atoms with Gasteiger partial charge in [-0.15, -0.1) is 0 Å². The molecule has 0 fully saturated rings. The van der Waals surface area contributed by atoms with Crippen LogP contribution in [0.25, 0.3) is 133 Å². The maximum atomic E-state index is 15.6. The fourth-order valence-electron chi connectivity index (χ4n) is 23.9. The Hall–Kier alpha value is -15.8. The van der Waals surface area contributed by atoms with E-state index in [9.17, 15) is 8.42 Å². The molecule has 6 aliphatic carbocycles. The van der Waals surface area contributed by atoms with E-state index in [-0.39, 0.29) is 9.79 Å². The van der Waals surface area contributed by atoms with Gasteiger partial charge in [0, 0.05) is 80.8 Å². The molecule has 20 aromatic carbocycles. The number of hydrogen-bond acceptors (Lipinski definition) is 7. The summed E-state index contributed by atoms with van der Waals surface area (Å²) in [6.07, 6.45) is 0. The maximum absolute atomic E-state index is 15.6. The molecule has 23 aromatic rings. The van der Waals surface area contributed by atoms with Crippen LogP contribution in [-0.4, -0.2) is 8.42 Å². The summed E-state index contributed by atoms with van der Waals surface area (Å²) in [5.74, 6) is 0. The average molecular weight is 1760 g/mol. The Balaban J connectivity index is 0.000000102. The Bertz CT molecular complexity index is 8950. The zero-order valence-corrected chi connectivity index (χ0v) is 74.1. The van der Waals surface area contributed by atoms with Gasteiger partial charge in [-0.2, -0.15) is 0 Å². The molecular formula is C123H76O7P2S. The van der Waals surface area contributed by atoms with Crippen LogP contribution < -0.4 is 31.8 Å². The smallest absolute Gasteiger partial charge is 0.206 e. The van der Waals surface area contributed by atoms with E-state index >= 15 is 9.13 Å². The van der Waals surface area contributed by atoms with Crippen LogP contribution in [0.15, 0.2) is 484 Å². The molecule has 133 heavy (non-hydrogen) atoms. The molecule has 1 unspecified atom stereocenters. The van der Waals surface area contributed by atoms with Crippen molar-refractivity contribution in [2.45, 2.75) is 26.0 Å². The molecule has 0 N–H and O–H groups in total. The van der Waals surface area contributed by atoms with Crippen molar-refractivity contribution in [1.82, 2.24) is 0 Å². The Labute approximate surface area is 767 Å². The van der Waals surface area contributed by atoms with E-state index in [4.69, 9.17) is 13.3 Å². The molecule has 3 heterocycles. The van der Waals surface area contributed by atoms with Crippen LogP contribution in [0.5, 0.6) is 0 Å². The number of rotatable bonds is 8. The Morgan fingerprint density at radius 2 is 0.451 bits per heavy atom. The minimum Gasteiger partial charge on any atom is -0.455 e. The minimum atomic E-state index is -3.66. The first-order valence-electron chi connectivity index (χ1n) is 45.1. The standard InChI is InChI=1S/2C43H27O2P.C37H22O3S/c44-46(28-13-3-1-4-14-28,29-15-5-2-6-16-29)30-23-24-32-31-17-7-10-20-36(31)43(39(32)27-30)37-21-11-8-19-35(37)41-38(43)26-25-34-33-18-9-12-22-40(33)45-42(34)41;44-46(28-13-3-1-4-14-28,29-15-5-2-6-16-29)30-23-26-40-35(27-30)33-24-25-39-41(42(33)45-40)34-19-9-12-22-38(34)43(39)36-20-10-7-17-31(36)32-18-8-11-21-37(32)43;38-41(39,23-10-2-1-3-11-23)24-18-21-34-29(22-24)27-19-20-33-35(36(27)40-34)28-14-6-9-17-32(28)37(33)30-15-7-4-12-25(30)26-13-5-8-16-31(26)37/h2*1-27H;1-22H. The van der Waals surface area contributed by atoms with Crippen molar-refractivity contribution in [3.8, 4) is 66.8 Å². The van der Waals surface area contributed by atoms with Crippen molar-refractivity contribution in [3.05, 3.63) is 528 Å². The van der Waals surface area contributed by atoms with Crippen LogP contribution in [-0.2, 0) is 35.2 Å². The van der Waals surface area contributed by atoms with Gasteiger partial charge in [-0.05, 0) is 177 Å². The molecule has 10 heteroatoms. The van der Waals surface area contributed by atoms with Crippen LogP contribution in [0.2, 0.25) is 0 Å². The van der Waals surface area contributed by atoms with E-state index in [2.05, 4.69) is 273 Å². The Kier molecular flexibility index (Phi) is 16.7. The van der Waals surface area contributed by atoms with Crippen molar-refractivity contribution in [3.63, 3.8) is 0 Å². The molecule has 0 aliphatic heterocycles. The van der Waals surface area contributed by atoms with Gasteiger partial charge in [-0.25, -0.2) is 8.42 Å². The SMILES string of the molecule is O=P(c1ccccc1)(c1ccccc1)c1ccc2c(c1)C1(c3ccccc3-2)c2ccccc2-c2c1ccc1c2oc2ccccc21.O=P(c1ccccc1)(c1ccccc1)c1ccc2oc3c4c(ccc3c2c1)C1(c2ccccc2-c2ccccc21)c1ccccc1-4.O=S(=O)(c1ccccc1)c1ccc2oc3c4c(ccc3c2c1)C1(c2ccccc2-c2ccccc21)c1ccccc1-4. The lowest BCUT2D eigenvalue weighted by Gasteiger charge is -2.31. The normalized spacial score (nSPS) is 14.7. The molecular weight excluding hydrogens is 1680 g/mol. The van der Waals surface area contributed by atoms with Crippen LogP contribution in [0.3, 0.4) is 0 Å². The first-order chi connectivity index (χ1) is 65.5. The van der Waals surface area contributed by atoms with Crippen LogP contribution in [0, 0.1) is 0 Å². The van der Waals surface area contributed by atoms with Crippen molar-refractivity contribution >= 4 is 122 Å². The maximum Gasteiger partial charge on any atom is 0.206 e. The lowest BCUT2D eigenvalue weighted by Crippen LogP contribution is -2.29. The summed E-state index contributed by atoms with van der Waals surface area (Å²) in [7, 11) is -10.0. The summed E-state index contributed by atoms with van der Waals surface area (Å²) in [5, 5.41) is 10.9. The van der Waals surface area contributed by atoms with Gasteiger partial charge in [0.05, 0.1) is 26.0 Å². The molecule has 3 spiro atoms. The second-order valence-electron chi connectivity index (χ2n) is 35.5. The van der Waals surface area contributed by atoms with Gasteiger partial charge in [0.15, 0.2) is 14.3 Å². The van der Waals surface area contributed by atoms with E-state index in [1.54, 1.807) is 42.5 Å². The van der Waals surface area contributed by atoms with Gasteiger partial charge >= 0.3 is 0 Å². The summed E-state index contributed by atoms with van der Waals surface area (Å²) in [5.41, 5.74) is 32.9. The van der Waals surface area contributed by atoms with Gasteiger partial charge in [-0.1, -0.05) is 400 Å². The molecule has 626 valence electrons. The van der Waals surface area contributed by atoms with Crippen molar-refractivity contribution in [1.29, 1.82) is 0 Å². The average Bonchev–Trinajstić information content (AvgIpc) is 1.51. The molecule has 0 bridgehead atoms. The molecule has 6 aliphatic rings. The quantitative estimate of drug-likeness (QED) is 0.139. The summed E-state index contributed by atoms with van der Waals surface area (Å²) in [6.45, 7) is 0. The predicted octanol–water partition coefficient (Wildman–Crippen LogP) is 27.9. The molecule has 7 nitrogen and oxygen atoms in total. The second-order valence-corrected chi connectivity index (χ2v) is 42.9. The summed E-state index contributed by atoms with van der Waals surface area (Å²) < 4.78 is 77.9. The van der Waals surface area contributed by atoms with Crippen molar-refractivity contribution in [2.75, 3.05) is 0 Å². The largest absolute Gasteiger partial charge is 0.455 e. The molecule has 0 amide bonds. The predicted molar refractivity (Wildman–Crippen MR) is 541 cm³/mol.